The van der Waals surface area contributed by atoms with Gasteiger partial charge in [0.25, 0.3) is 0 Å². The van der Waals surface area contributed by atoms with E-state index in [0.717, 1.165) is 22.3 Å². The third-order valence-electron chi connectivity index (χ3n) is 4.86. The molecule has 0 aliphatic rings. The van der Waals surface area contributed by atoms with Gasteiger partial charge in [-0.05, 0) is 60.5 Å². The summed E-state index contributed by atoms with van der Waals surface area (Å²) in [6.07, 6.45) is 1.51. The van der Waals surface area contributed by atoms with E-state index < -0.39 is 0 Å². The van der Waals surface area contributed by atoms with E-state index >= 15 is 0 Å². The van der Waals surface area contributed by atoms with Crippen LogP contribution in [0.15, 0.2) is 77.2 Å². The Morgan fingerprint density at radius 1 is 1.00 bits per heavy atom. The van der Waals surface area contributed by atoms with Gasteiger partial charge in [-0.25, -0.2) is 0 Å². The van der Waals surface area contributed by atoms with Crippen LogP contribution in [-0.2, 0) is 4.79 Å². The molecule has 0 unspecified atom stereocenters. The number of nitrogens with one attached hydrogen (secondary N) is 1. The average Bonchev–Trinajstić information content (AvgIpc) is 3.16. The first-order valence-electron chi connectivity index (χ1n) is 9.57. The Morgan fingerprint density at radius 2 is 1.71 bits per heavy atom. The third kappa shape index (κ3) is 4.46. The fraction of sp³-hybridized carbons (Fsp3) is 0.0800. The zero-order valence-corrected chi connectivity index (χ0v) is 18.4. The number of carbonyl (C=O) groups excluding carboxylic acids is 1. The van der Waals surface area contributed by atoms with Crippen molar-refractivity contribution < 1.29 is 13.9 Å². The average molecular weight is 452 g/mol. The summed E-state index contributed by atoms with van der Waals surface area (Å²) >= 11 is 12.4. The number of rotatable bonds is 5. The van der Waals surface area contributed by atoms with Crippen molar-refractivity contribution in [3.63, 3.8) is 0 Å². The maximum absolute atomic E-state index is 12.6. The minimum absolute atomic E-state index is 0.267. The van der Waals surface area contributed by atoms with Gasteiger partial charge in [-0.15, -0.1) is 0 Å². The smallest absolute Gasteiger partial charge is 0.248 e. The summed E-state index contributed by atoms with van der Waals surface area (Å²) < 4.78 is 11.3. The Bertz CT molecular complexity index is 1270. The normalized spacial score (nSPS) is 11.5. The molecular weight excluding hydrogens is 433 g/mol. The summed E-state index contributed by atoms with van der Waals surface area (Å²) in [6.45, 7) is 1.83. The van der Waals surface area contributed by atoms with E-state index in [1.54, 1.807) is 37.4 Å². The number of hydrogen-bond acceptors (Lipinski definition) is 3. The summed E-state index contributed by atoms with van der Waals surface area (Å²) in [5.74, 6) is 1.03. The number of para-hydroxylation sites is 1. The van der Waals surface area contributed by atoms with Gasteiger partial charge < -0.3 is 14.5 Å². The van der Waals surface area contributed by atoms with Crippen LogP contribution in [0.2, 0.25) is 10.0 Å². The zero-order chi connectivity index (χ0) is 22.0. The van der Waals surface area contributed by atoms with Crippen molar-refractivity contribution in [2.75, 3.05) is 12.4 Å². The van der Waals surface area contributed by atoms with E-state index in [1.807, 2.05) is 43.3 Å². The molecule has 0 aliphatic carbocycles. The molecule has 4 aromatic rings. The van der Waals surface area contributed by atoms with Crippen LogP contribution in [0.4, 0.5) is 5.69 Å². The van der Waals surface area contributed by atoms with Crippen LogP contribution in [0, 0.1) is 0 Å². The van der Waals surface area contributed by atoms with Crippen LogP contribution in [0.1, 0.15) is 12.7 Å². The van der Waals surface area contributed by atoms with Gasteiger partial charge in [0.05, 0.1) is 12.1 Å². The number of hydrogen-bond donors (Lipinski definition) is 1. The summed E-state index contributed by atoms with van der Waals surface area (Å²) in [5.41, 5.74) is 3.69. The second-order valence-electron chi connectivity index (χ2n) is 6.97. The van der Waals surface area contributed by atoms with E-state index in [1.165, 1.54) is 6.08 Å². The molecule has 0 atom stereocenters. The molecule has 1 aromatic heterocycles. The number of fused-ring (bicyclic) bond motifs is 1. The molecule has 0 spiro atoms. The van der Waals surface area contributed by atoms with Crippen LogP contribution in [0.5, 0.6) is 5.75 Å². The van der Waals surface area contributed by atoms with Crippen molar-refractivity contribution in [1.29, 1.82) is 0 Å². The molecule has 1 N–H and O–H groups in total. The first-order valence-corrected chi connectivity index (χ1v) is 10.3. The van der Waals surface area contributed by atoms with Gasteiger partial charge in [0.15, 0.2) is 5.58 Å². The number of allylic oxidation sites excluding steroid dienone is 1. The fourth-order valence-corrected chi connectivity index (χ4v) is 3.72. The lowest BCUT2D eigenvalue weighted by molar-refractivity contribution is -0.111. The number of carbonyl (C=O) groups is 1. The molecular formula is C25H19Cl2NO3. The van der Waals surface area contributed by atoms with Gasteiger partial charge in [-0.1, -0.05) is 47.5 Å². The van der Waals surface area contributed by atoms with Crippen molar-refractivity contribution in [3.8, 4) is 16.9 Å². The number of anilines is 1. The van der Waals surface area contributed by atoms with E-state index in [9.17, 15) is 4.79 Å². The highest BCUT2D eigenvalue weighted by Gasteiger charge is 2.19. The maximum Gasteiger partial charge on any atom is 0.248 e. The highest BCUT2D eigenvalue weighted by Crippen LogP contribution is 2.41. The molecule has 1 amide bonds. The lowest BCUT2D eigenvalue weighted by atomic mass is 9.99. The minimum Gasteiger partial charge on any atom is -0.497 e. The largest absolute Gasteiger partial charge is 0.497 e. The van der Waals surface area contributed by atoms with Gasteiger partial charge >= 0.3 is 0 Å². The van der Waals surface area contributed by atoms with Crippen LogP contribution in [0.25, 0.3) is 27.7 Å². The quantitative estimate of drug-likeness (QED) is 0.320. The topological polar surface area (TPSA) is 51.5 Å². The first kappa shape index (κ1) is 21.0. The Morgan fingerprint density at radius 3 is 2.39 bits per heavy atom. The monoisotopic (exact) mass is 451 g/mol. The van der Waals surface area contributed by atoms with Crippen molar-refractivity contribution in [2.24, 2.45) is 0 Å². The van der Waals surface area contributed by atoms with Gasteiger partial charge in [0.2, 0.25) is 5.91 Å². The fourth-order valence-electron chi connectivity index (χ4n) is 3.38. The van der Waals surface area contributed by atoms with Crippen molar-refractivity contribution >= 4 is 51.3 Å². The summed E-state index contributed by atoms with van der Waals surface area (Å²) in [7, 11) is 1.59. The Labute approximate surface area is 190 Å². The molecule has 0 radical (unpaired) electrons. The Balaban J connectivity index is 1.73. The maximum atomic E-state index is 12.6. The number of ether oxygens (including phenoxy) is 1. The molecule has 4 rings (SSSR count). The van der Waals surface area contributed by atoms with Crippen LogP contribution in [0.3, 0.4) is 0 Å². The second-order valence-corrected chi connectivity index (χ2v) is 7.82. The Kier molecular flexibility index (Phi) is 6.03. The van der Waals surface area contributed by atoms with Crippen LogP contribution < -0.4 is 10.1 Å². The highest BCUT2D eigenvalue weighted by atomic mass is 35.5. The predicted octanol–water partition coefficient (Wildman–Crippen LogP) is 7.46. The predicted molar refractivity (Wildman–Crippen MR) is 127 cm³/mol. The van der Waals surface area contributed by atoms with Crippen molar-refractivity contribution in [1.82, 2.24) is 0 Å². The van der Waals surface area contributed by atoms with Gasteiger partial charge in [0.1, 0.15) is 11.5 Å². The molecule has 0 aliphatic heterocycles. The minimum atomic E-state index is -0.267. The molecule has 0 bridgehead atoms. The molecule has 3 aromatic carbocycles. The summed E-state index contributed by atoms with van der Waals surface area (Å²) in [5, 5.41) is 4.87. The van der Waals surface area contributed by atoms with Crippen LogP contribution >= 0.6 is 23.2 Å². The molecule has 156 valence electrons. The second kappa shape index (κ2) is 8.88. The molecule has 0 fully saturated rings. The molecule has 4 nitrogen and oxygen atoms in total. The molecule has 0 saturated heterocycles. The molecule has 31 heavy (non-hydrogen) atoms. The molecule has 1 heterocycles. The van der Waals surface area contributed by atoms with Gasteiger partial charge in [-0.2, -0.15) is 0 Å². The zero-order valence-electron chi connectivity index (χ0n) is 16.9. The highest BCUT2D eigenvalue weighted by molar-refractivity contribution is 6.35. The molecule has 6 heteroatoms. The first-order chi connectivity index (χ1) is 15.0. The van der Waals surface area contributed by atoms with E-state index in [0.29, 0.717) is 32.6 Å². The van der Waals surface area contributed by atoms with E-state index in [4.69, 9.17) is 32.4 Å². The van der Waals surface area contributed by atoms with Gasteiger partial charge in [-0.3, -0.25) is 4.79 Å². The van der Waals surface area contributed by atoms with E-state index in [2.05, 4.69) is 5.32 Å². The number of halogens is 2. The summed E-state index contributed by atoms with van der Waals surface area (Å²) in [4.78, 5) is 12.6. The van der Waals surface area contributed by atoms with Crippen LogP contribution in [-0.4, -0.2) is 13.0 Å². The van der Waals surface area contributed by atoms with E-state index in [-0.39, 0.29) is 5.91 Å². The van der Waals surface area contributed by atoms with Gasteiger partial charge in [0, 0.05) is 27.7 Å². The lowest BCUT2D eigenvalue weighted by Crippen LogP contribution is -2.08. The van der Waals surface area contributed by atoms with Crippen molar-refractivity contribution in [3.05, 3.63) is 88.6 Å². The number of benzene rings is 3. The number of furan rings is 1. The number of methoxy groups -OCH3 is 1. The number of amides is 1. The SMILES string of the molecule is COc1ccc(NC(=O)C=C(C)c2oc3c(Cl)cccc3c2-c2ccc(Cl)cc2)cc1. The summed E-state index contributed by atoms with van der Waals surface area (Å²) in [6, 6.07) is 20.2. The van der Waals surface area contributed by atoms with Crippen molar-refractivity contribution in [2.45, 2.75) is 6.92 Å². The molecule has 0 saturated carbocycles. The Hall–Kier alpha value is -3.21. The third-order valence-corrected chi connectivity index (χ3v) is 5.41. The standard InChI is InChI=1S/C25H19Cl2NO3/c1-15(14-22(29)28-18-10-12-19(30-2)13-11-18)24-23(16-6-8-17(26)9-7-16)20-4-3-5-21(27)25(20)31-24/h3-14H,1-2H3,(H,28,29). The lowest BCUT2D eigenvalue weighted by Gasteiger charge is -2.06.